The Morgan fingerprint density at radius 3 is 2.59 bits per heavy atom. The molecule has 4 aromatic rings. The molecule has 1 N–H and O–H groups in total. The molecular formula is C22H21ClN4O2. The Balaban J connectivity index is 1.63. The smallest absolute Gasteiger partial charge is 0.150 e. The van der Waals surface area contributed by atoms with E-state index in [9.17, 15) is 0 Å². The zero-order chi connectivity index (χ0) is 20.2. The first-order chi connectivity index (χ1) is 14.1. The molecule has 0 aliphatic heterocycles. The van der Waals surface area contributed by atoms with E-state index in [1.807, 2.05) is 72.4 Å². The predicted octanol–water partition coefficient (Wildman–Crippen LogP) is 4.79. The highest BCUT2D eigenvalue weighted by Gasteiger charge is 2.15. The molecule has 29 heavy (non-hydrogen) atoms. The molecule has 0 aliphatic carbocycles. The van der Waals surface area contributed by atoms with Gasteiger partial charge in [-0.15, -0.1) is 0 Å². The number of hydrogen-bond acceptors (Lipinski definition) is 5. The number of rotatable bonds is 7. The van der Waals surface area contributed by atoms with Gasteiger partial charge in [0.15, 0.2) is 5.76 Å². The molecule has 7 heteroatoms. The fourth-order valence-corrected chi connectivity index (χ4v) is 3.33. The van der Waals surface area contributed by atoms with Crippen molar-refractivity contribution in [3.8, 4) is 22.7 Å². The summed E-state index contributed by atoms with van der Waals surface area (Å²) in [6.07, 6.45) is 2.01. The monoisotopic (exact) mass is 408 g/mol. The Hall–Kier alpha value is -3.09. The van der Waals surface area contributed by atoms with Crippen LogP contribution in [0.4, 0.5) is 0 Å². The van der Waals surface area contributed by atoms with Crippen LogP contribution in [0.1, 0.15) is 17.0 Å². The average Bonchev–Trinajstić information content (AvgIpc) is 3.35. The maximum Gasteiger partial charge on any atom is 0.150 e. The summed E-state index contributed by atoms with van der Waals surface area (Å²) in [5.41, 5.74) is 4.58. The van der Waals surface area contributed by atoms with Crippen molar-refractivity contribution in [3.05, 3.63) is 82.8 Å². The summed E-state index contributed by atoms with van der Waals surface area (Å²) in [6.45, 7) is 3.09. The molecule has 0 bridgehead atoms. The third-order valence-electron chi connectivity index (χ3n) is 4.55. The highest BCUT2D eigenvalue weighted by atomic mass is 35.5. The Labute approximate surface area is 174 Å². The summed E-state index contributed by atoms with van der Waals surface area (Å²) in [5.74, 6) is 1.60. The molecule has 148 valence electrons. The van der Waals surface area contributed by atoms with Crippen LogP contribution in [0.3, 0.4) is 0 Å². The van der Waals surface area contributed by atoms with Gasteiger partial charge in [-0.2, -0.15) is 5.10 Å². The van der Waals surface area contributed by atoms with Gasteiger partial charge in [-0.25, -0.2) is 4.68 Å². The molecule has 0 spiro atoms. The SMILES string of the molecule is COc1ccc(-n2cc(CNCc3cc(C)no3)c(-c3ccccc3Cl)n2)cc1. The fourth-order valence-electron chi connectivity index (χ4n) is 3.11. The summed E-state index contributed by atoms with van der Waals surface area (Å²) >= 11 is 6.45. The number of halogens is 1. The number of nitrogens with zero attached hydrogens (tertiary/aromatic N) is 3. The fraction of sp³-hybridized carbons (Fsp3) is 0.182. The summed E-state index contributed by atoms with van der Waals surface area (Å²) in [6, 6.07) is 17.4. The highest BCUT2D eigenvalue weighted by Crippen LogP contribution is 2.30. The van der Waals surface area contributed by atoms with Crippen molar-refractivity contribution in [1.82, 2.24) is 20.3 Å². The van der Waals surface area contributed by atoms with E-state index in [-0.39, 0.29) is 0 Å². The average molecular weight is 409 g/mol. The number of benzene rings is 2. The predicted molar refractivity (Wildman–Crippen MR) is 112 cm³/mol. The van der Waals surface area contributed by atoms with Crippen molar-refractivity contribution in [1.29, 1.82) is 0 Å². The van der Waals surface area contributed by atoms with Gasteiger partial charge in [-0.1, -0.05) is 35.0 Å². The van der Waals surface area contributed by atoms with Crippen LogP contribution in [0.25, 0.3) is 16.9 Å². The third-order valence-corrected chi connectivity index (χ3v) is 4.88. The van der Waals surface area contributed by atoms with E-state index >= 15 is 0 Å². The first kappa shape index (κ1) is 19.2. The summed E-state index contributed by atoms with van der Waals surface area (Å²) in [5, 5.41) is 12.8. The minimum Gasteiger partial charge on any atom is -0.497 e. The number of aryl methyl sites for hydroxylation is 1. The van der Waals surface area contributed by atoms with E-state index in [2.05, 4.69) is 10.5 Å². The van der Waals surface area contributed by atoms with Gasteiger partial charge in [-0.3, -0.25) is 0 Å². The summed E-state index contributed by atoms with van der Waals surface area (Å²) in [7, 11) is 1.65. The topological polar surface area (TPSA) is 65.1 Å². The van der Waals surface area contributed by atoms with E-state index in [0.29, 0.717) is 18.1 Å². The van der Waals surface area contributed by atoms with Crippen LogP contribution in [-0.4, -0.2) is 22.0 Å². The molecule has 2 heterocycles. The second kappa shape index (κ2) is 8.51. The van der Waals surface area contributed by atoms with Crippen molar-refractivity contribution in [3.63, 3.8) is 0 Å². The molecule has 0 fully saturated rings. The molecule has 2 aromatic heterocycles. The van der Waals surface area contributed by atoms with Gasteiger partial charge in [0, 0.05) is 29.9 Å². The third kappa shape index (κ3) is 4.34. The lowest BCUT2D eigenvalue weighted by molar-refractivity contribution is 0.369. The van der Waals surface area contributed by atoms with Crippen molar-refractivity contribution < 1.29 is 9.26 Å². The molecule has 0 unspecified atom stereocenters. The van der Waals surface area contributed by atoms with Crippen LogP contribution in [0, 0.1) is 6.92 Å². The van der Waals surface area contributed by atoms with Crippen LogP contribution in [0.5, 0.6) is 5.75 Å². The van der Waals surface area contributed by atoms with Crippen molar-refractivity contribution in [2.75, 3.05) is 7.11 Å². The minimum atomic E-state index is 0.580. The van der Waals surface area contributed by atoms with E-state index in [1.165, 1.54) is 0 Å². The Kier molecular flexibility index (Phi) is 5.64. The molecule has 2 aromatic carbocycles. The second-order valence-corrected chi connectivity index (χ2v) is 7.07. The zero-order valence-electron chi connectivity index (χ0n) is 16.2. The zero-order valence-corrected chi connectivity index (χ0v) is 17.0. The van der Waals surface area contributed by atoms with Crippen LogP contribution >= 0.6 is 11.6 Å². The van der Waals surface area contributed by atoms with Crippen molar-refractivity contribution in [2.45, 2.75) is 20.0 Å². The van der Waals surface area contributed by atoms with Gasteiger partial charge < -0.3 is 14.6 Å². The Bertz CT molecular complexity index is 1100. The van der Waals surface area contributed by atoms with Gasteiger partial charge >= 0.3 is 0 Å². The lowest BCUT2D eigenvalue weighted by atomic mass is 10.1. The number of nitrogens with one attached hydrogen (secondary N) is 1. The maximum absolute atomic E-state index is 6.45. The largest absolute Gasteiger partial charge is 0.497 e. The van der Waals surface area contributed by atoms with Crippen LogP contribution in [-0.2, 0) is 13.1 Å². The van der Waals surface area contributed by atoms with Crippen LogP contribution in [0.2, 0.25) is 5.02 Å². The number of ether oxygens (including phenoxy) is 1. The molecule has 0 amide bonds. The second-order valence-electron chi connectivity index (χ2n) is 6.66. The van der Waals surface area contributed by atoms with E-state index in [4.69, 9.17) is 26.0 Å². The van der Waals surface area contributed by atoms with E-state index in [0.717, 1.165) is 39.7 Å². The molecular weight excluding hydrogens is 388 g/mol. The van der Waals surface area contributed by atoms with Crippen LogP contribution < -0.4 is 10.1 Å². The summed E-state index contributed by atoms with van der Waals surface area (Å²) in [4.78, 5) is 0. The lowest BCUT2D eigenvalue weighted by Crippen LogP contribution is -2.12. The molecule has 4 rings (SSSR count). The van der Waals surface area contributed by atoms with E-state index in [1.54, 1.807) is 7.11 Å². The molecule has 0 radical (unpaired) electrons. The molecule has 0 aliphatic rings. The first-order valence-corrected chi connectivity index (χ1v) is 9.62. The summed E-state index contributed by atoms with van der Waals surface area (Å²) < 4.78 is 12.4. The lowest BCUT2D eigenvalue weighted by Gasteiger charge is -2.05. The van der Waals surface area contributed by atoms with Gasteiger partial charge in [0.25, 0.3) is 0 Å². The Morgan fingerprint density at radius 2 is 1.90 bits per heavy atom. The maximum atomic E-state index is 6.45. The molecule has 6 nitrogen and oxygen atoms in total. The number of aromatic nitrogens is 3. The number of methoxy groups -OCH3 is 1. The van der Waals surface area contributed by atoms with E-state index < -0.39 is 0 Å². The van der Waals surface area contributed by atoms with Crippen LogP contribution in [0.15, 0.2) is 65.3 Å². The van der Waals surface area contributed by atoms with Crippen molar-refractivity contribution >= 4 is 11.6 Å². The normalized spacial score (nSPS) is 11.0. The van der Waals surface area contributed by atoms with Crippen molar-refractivity contribution in [2.24, 2.45) is 0 Å². The first-order valence-electron chi connectivity index (χ1n) is 9.25. The van der Waals surface area contributed by atoms with Gasteiger partial charge in [0.1, 0.15) is 5.75 Å². The quantitative estimate of drug-likeness (QED) is 0.476. The minimum absolute atomic E-state index is 0.580. The molecule has 0 atom stereocenters. The standard InChI is InChI=1S/C22H21ClN4O2/c1-15-11-19(29-26-15)13-24-12-16-14-27(17-7-9-18(28-2)10-8-17)25-22(16)20-5-3-4-6-21(20)23/h3-11,14,24H,12-13H2,1-2H3. The Morgan fingerprint density at radius 1 is 1.10 bits per heavy atom. The molecule has 0 saturated carbocycles. The highest BCUT2D eigenvalue weighted by molar-refractivity contribution is 6.33. The van der Waals surface area contributed by atoms with Gasteiger partial charge in [-0.05, 0) is 37.3 Å². The number of hydrogen-bond donors (Lipinski definition) is 1. The van der Waals surface area contributed by atoms with Gasteiger partial charge in [0.05, 0.1) is 35.8 Å². The molecule has 0 saturated heterocycles. The van der Waals surface area contributed by atoms with Gasteiger partial charge in [0.2, 0.25) is 0 Å².